The molecule has 1 aromatic carbocycles. The summed E-state index contributed by atoms with van der Waals surface area (Å²) in [5.41, 5.74) is 0.959. The summed E-state index contributed by atoms with van der Waals surface area (Å²) in [5, 5.41) is 3.74. The molecular formula is C21H22ClF3N4O. The van der Waals surface area contributed by atoms with Crippen LogP contribution in [0.5, 0.6) is 5.75 Å². The second-order valence-corrected chi connectivity index (χ2v) is 7.13. The third-order valence-corrected chi connectivity index (χ3v) is 4.88. The molecule has 160 valence electrons. The Balaban J connectivity index is 1.59. The molecule has 0 atom stereocenters. The Morgan fingerprint density at radius 2 is 1.90 bits per heavy atom. The van der Waals surface area contributed by atoms with Gasteiger partial charge in [-0.1, -0.05) is 36.7 Å². The highest BCUT2D eigenvalue weighted by molar-refractivity contribution is 6.33. The number of halogens is 4. The van der Waals surface area contributed by atoms with Gasteiger partial charge in [0.05, 0.1) is 5.69 Å². The van der Waals surface area contributed by atoms with Crippen molar-refractivity contribution in [1.82, 2.24) is 9.97 Å². The van der Waals surface area contributed by atoms with Crippen LogP contribution < -0.4 is 10.1 Å². The van der Waals surface area contributed by atoms with Crippen molar-refractivity contribution < 1.29 is 17.9 Å². The number of aromatic nitrogens is 2. The number of ether oxygens (including phenoxy) is 1. The molecule has 0 fully saturated rings. The minimum absolute atomic E-state index is 0.253. The molecule has 30 heavy (non-hydrogen) atoms. The van der Waals surface area contributed by atoms with E-state index in [4.69, 9.17) is 16.3 Å². The zero-order chi connectivity index (χ0) is 21.7. The number of benzene rings is 1. The van der Waals surface area contributed by atoms with Gasteiger partial charge in [0.25, 0.3) is 0 Å². The lowest BCUT2D eigenvalue weighted by Gasteiger charge is -2.18. The number of aryl methyl sites for hydroxylation is 2. The fourth-order valence-corrected chi connectivity index (χ4v) is 3.29. The maximum atomic E-state index is 13.1. The van der Waals surface area contributed by atoms with Crippen LogP contribution in [0.2, 0.25) is 5.02 Å². The molecule has 2 aromatic rings. The van der Waals surface area contributed by atoms with Crippen LogP contribution >= 0.6 is 11.6 Å². The molecule has 3 rings (SSSR count). The number of nitrogens with zero attached hydrogens (tertiary/aromatic N) is 3. The topological polar surface area (TPSA) is 59.4 Å². The maximum Gasteiger partial charge on any atom is 0.421 e. The first-order valence-corrected chi connectivity index (χ1v) is 10.0. The molecular weight excluding hydrogens is 417 g/mol. The predicted molar refractivity (Wildman–Crippen MR) is 111 cm³/mol. The third-order valence-electron chi connectivity index (χ3n) is 4.48. The monoisotopic (exact) mass is 438 g/mol. The van der Waals surface area contributed by atoms with Crippen molar-refractivity contribution in [2.45, 2.75) is 39.3 Å². The van der Waals surface area contributed by atoms with Gasteiger partial charge in [-0.05, 0) is 43.9 Å². The number of aliphatic imine (C=N–C) groups is 1. The van der Waals surface area contributed by atoms with E-state index in [0.29, 0.717) is 35.4 Å². The van der Waals surface area contributed by atoms with Gasteiger partial charge in [-0.25, -0.2) is 9.97 Å². The molecule has 1 aliphatic rings. The van der Waals surface area contributed by atoms with E-state index in [1.54, 1.807) is 12.1 Å². The number of nitrogens with one attached hydrogen (secondary N) is 1. The second kappa shape index (κ2) is 9.47. The molecule has 0 radical (unpaired) electrons. The van der Waals surface area contributed by atoms with Gasteiger partial charge in [0.15, 0.2) is 0 Å². The summed E-state index contributed by atoms with van der Waals surface area (Å²) in [6, 6.07) is 6.89. The van der Waals surface area contributed by atoms with Crippen LogP contribution in [0.25, 0.3) is 0 Å². The van der Waals surface area contributed by atoms with Gasteiger partial charge < -0.3 is 10.1 Å². The molecule has 5 nitrogen and oxygen atoms in total. The molecule has 0 saturated carbocycles. The average Bonchev–Trinajstić information content (AvgIpc) is 2.71. The zero-order valence-corrected chi connectivity index (χ0v) is 17.4. The molecule has 0 unspecified atom stereocenters. The number of hydrogen-bond donors (Lipinski definition) is 1. The van der Waals surface area contributed by atoms with Crippen molar-refractivity contribution >= 4 is 23.3 Å². The standard InChI is InChI=1S/C21H22ClF3N4O/c1-3-17-18(22)19(29-13(2)28-17)26-12-10-14-6-8-15(9-7-14)30-20-16(21(23,24)25)5-4-11-27-20/h5-9H,3-4,10-12H2,1-2H3,(H,26,28,29). The summed E-state index contributed by atoms with van der Waals surface area (Å²) in [5.74, 6) is 1.18. The Hall–Kier alpha value is -2.61. The van der Waals surface area contributed by atoms with Crippen LogP contribution in [0.3, 0.4) is 0 Å². The van der Waals surface area contributed by atoms with Crippen molar-refractivity contribution in [2.24, 2.45) is 4.99 Å². The average molecular weight is 439 g/mol. The highest BCUT2D eigenvalue weighted by Crippen LogP contribution is 2.30. The molecule has 0 saturated heterocycles. The van der Waals surface area contributed by atoms with Gasteiger partial charge in [-0.15, -0.1) is 0 Å². The molecule has 0 spiro atoms. The number of dihydropyridines is 1. The summed E-state index contributed by atoms with van der Waals surface area (Å²) >= 11 is 6.32. The fraction of sp³-hybridized carbons (Fsp3) is 0.381. The lowest BCUT2D eigenvalue weighted by atomic mass is 10.1. The second-order valence-electron chi connectivity index (χ2n) is 6.75. The Morgan fingerprint density at radius 3 is 2.57 bits per heavy atom. The highest BCUT2D eigenvalue weighted by Gasteiger charge is 2.39. The van der Waals surface area contributed by atoms with E-state index in [2.05, 4.69) is 20.3 Å². The van der Waals surface area contributed by atoms with Crippen LogP contribution in [-0.4, -0.2) is 35.1 Å². The quantitative estimate of drug-likeness (QED) is 0.662. The normalized spacial score (nSPS) is 14.2. The van der Waals surface area contributed by atoms with Gasteiger partial charge >= 0.3 is 6.18 Å². The van der Waals surface area contributed by atoms with E-state index in [1.807, 2.05) is 26.0 Å². The fourth-order valence-electron chi connectivity index (χ4n) is 3.00. The molecule has 1 aliphatic heterocycles. The lowest BCUT2D eigenvalue weighted by molar-refractivity contribution is -0.0876. The zero-order valence-electron chi connectivity index (χ0n) is 16.7. The Bertz CT molecular complexity index is 956. The van der Waals surface area contributed by atoms with E-state index >= 15 is 0 Å². The summed E-state index contributed by atoms with van der Waals surface area (Å²) in [7, 11) is 0. The minimum Gasteiger partial charge on any atom is -0.439 e. The van der Waals surface area contributed by atoms with Gasteiger partial charge in [0.2, 0.25) is 5.90 Å². The van der Waals surface area contributed by atoms with Crippen molar-refractivity contribution in [1.29, 1.82) is 0 Å². The van der Waals surface area contributed by atoms with Crippen molar-refractivity contribution in [3.05, 3.63) is 58.0 Å². The Morgan fingerprint density at radius 1 is 1.17 bits per heavy atom. The van der Waals surface area contributed by atoms with E-state index in [0.717, 1.165) is 23.8 Å². The smallest absolute Gasteiger partial charge is 0.421 e. The number of anilines is 1. The molecule has 0 aliphatic carbocycles. The van der Waals surface area contributed by atoms with E-state index in [-0.39, 0.29) is 18.9 Å². The number of alkyl halides is 3. The van der Waals surface area contributed by atoms with E-state index in [1.165, 1.54) is 0 Å². The van der Waals surface area contributed by atoms with Gasteiger partial charge in [0, 0.05) is 13.1 Å². The minimum atomic E-state index is -4.48. The molecule has 9 heteroatoms. The highest BCUT2D eigenvalue weighted by atomic mass is 35.5. The van der Waals surface area contributed by atoms with Gasteiger partial charge in [-0.2, -0.15) is 13.2 Å². The molecule has 1 aromatic heterocycles. The molecule has 2 heterocycles. The van der Waals surface area contributed by atoms with Crippen molar-refractivity contribution in [3.8, 4) is 5.75 Å². The summed E-state index contributed by atoms with van der Waals surface area (Å²) < 4.78 is 44.6. The largest absolute Gasteiger partial charge is 0.439 e. The molecule has 0 amide bonds. The number of rotatable bonds is 6. The maximum absolute atomic E-state index is 13.1. The third kappa shape index (κ3) is 5.50. The van der Waals surface area contributed by atoms with E-state index < -0.39 is 11.7 Å². The first-order chi connectivity index (χ1) is 14.3. The van der Waals surface area contributed by atoms with Gasteiger partial charge in [0.1, 0.15) is 28.0 Å². The molecule has 0 bridgehead atoms. The van der Waals surface area contributed by atoms with Crippen LogP contribution in [0.1, 0.15) is 30.4 Å². The summed E-state index contributed by atoms with van der Waals surface area (Å²) in [6.07, 6.45) is -1.72. The SMILES string of the molecule is CCc1nc(C)nc(NCCc2ccc(OC3=NCCC=C3C(F)(F)F)cc2)c1Cl. The van der Waals surface area contributed by atoms with Crippen LogP contribution in [0.4, 0.5) is 19.0 Å². The Labute approximate surface area is 178 Å². The van der Waals surface area contributed by atoms with Crippen molar-refractivity contribution in [2.75, 3.05) is 18.4 Å². The van der Waals surface area contributed by atoms with E-state index in [9.17, 15) is 13.2 Å². The molecule has 1 N–H and O–H groups in total. The van der Waals surface area contributed by atoms with Crippen LogP contribution in [-0.2, 0) is 12.8 Å². The van der Waals surface area contributed by atoms with Crippen molar-refractivity contribution in [3.63, 3.8) is 0 Å². The van der Waals surface area contributed by atoms with Gasteiger partial charge in [-0.3, -0.25) is 4.99 Å². The van der Waals surface area contributed by atoms with Crippen LogP contribution in [0, 0.1) is 6.92 Å². The number of hydrogen-bond acceptors (Lipinski definition) is 5. The first-order valence-electron chi connectivity index (χ1n) is 9.63. The summed E-state index contributed by atoms with van der Waals surface area (Å²) in [4.78, 5) is 12.5. The Kier molecular flexibility index (Phi) is 6.97. The van der Waals surface area contributed by atoms with Crippen LogP contribution in [0.15, 0.2) is 40.9 Å². The lowest BCUT2D eigenvalue weighted by Crippen LogP contribution is -2.26. The summed E-state index contributed by atoms with van der Waals surface area (Å²) in [6.45, 7) is 4.67. The first kappa shape index (κ1) is 22.1. The predicted octanol–water partition coefficient (Wildman–Crippen LogP) is 5.33.